The molecule has 0 heterocycles. The fourth-order valence-corrected chi connectivity index (χ4v) is 1.92. The van der Waals surface area contributed by atoms with Crippen LogP contribution in [0.15, 0.2) is 24.3 Å². The fourth-order valence-electron chi connectivity index (χ4n) is 1.92. The summed E-state index contributed by atoms with van der Waals surface area (Å²) in [6.07, 6.45) is 3.55. The van der Waals surface area contributed by atoms with Crippen molar-refractivity contribution in [2.24, 2.45) is 11.7 Å². The second-order valence-electron chi connectivity index (χ2n) is 4.70. The Balaban J connectivity index is 2.51. The lowest BCUT2D eigenvalue weighted by molar-refractivity contribution is 0.0974. The van der Waals surface area contributed by atoms with Crippen molar-refractivity contribution in [2.45, 2.75) is 39.5 Å². The van der Waals surface area contributed by atoms with Gasteiger partial charge in [0.15, 0.2) is 5.78 Å². The zero-order valence-electron chi connectivity index (χ0n) is 10.9. The number of aryl methyl sites for hydroxylation is 1. The second-order valence-corrected chi connectivity index (χ2v) is 4.70. The molecule has 0 saturated heterocycles. The van der Waals surface area contributed by atoms with E-state index in [0.717, 1.165) is 24.8 Å². The molecule has 94 valence electrons. The molecule has 2 nitrogen and oxygen atoms in total. The van der Waals surface area contributed by atoms with E-state index in [1.54, 1.807) is 0 Å². The third-order valence-electron chi connectivity index (χ3n) is 3.18. The number of carbonyl (C=O) groups is 1. The molecule has 0 bridgehead atoms. The van der Waals surface area contributed by atoms with Crippen molar-refractivity contribution in [3.63, 3.8) is 0 Å². The summed E-state index contributed by atoms with van der Waals surface area (Å²) in [6, 6.07) is 7.95. The summed E-state index contributed by atoms with van der Waals surface area (Å²) >= 11 is 0. The van der Waals surface area contributed by atoms with Gasteiger partial charge < -0.3 is 5.73 Å². The van der Waals surface area contributed by atoms with Crippen LogP contribution in [0.1, 0.15) is 49.0 Å². The van der Waals surface area contributed by atoms with Crippen molar-refractivity contribution in [1.82, 2.24) is 0 Å². The van der Waals surface area contributed by atoms with Gasteiger partial charge in [0.05, 0.1) is 0 Å². The summed E-state index contributed by atoms with van der Waals surface area (Å²) in [5.41, 5.74) is 7.58. The van der Waals surface area contributed by atoms with Gasteiger partial charge in [-0.05, 0) is 43.4 Å². The Morgan fingerprint density at radius 3 is 2.76 bits per heavy atom. The van der Waals surface area contributed by atoms with Gasteiger partial charge in [-0.1, -0.05) is 32.0 Å². The Morgan fingerprint density at radius 2 is 2.12 bits per heavy atom. The molecular weight excluding hydrogens is 210 g/mol. The highest BCUT2D eigenvalue weighted by atomic mass is 16.1. The van der Waals surface area contributed by atoms with E-state index in [0.29, 0.717) is 18.9 Å². The van der Waals surface area contributed by atoms with E-state index >= 15 is 0 Å². The maximum atomic E-state index is 12.0. The first kappa shape index (κ1) is 13.9. The molecule has 0 spiro atoms. The van der Waals surface area contributed by atoms with Crippen molar-refractivity contribution >= 4 is 5.78 Å². The van der Waals surface area contributed by atoms with Gasteiger partial charge in [0.25, 0.3) is 0 Å². The molecular formula is C15H23NO. The van der Waals surface area contributed by atoms with Gasteiger partial charge in [0.2, 0.25) is 0 Å². The van der Waals surface area contributed by atoms with Gasteiger partial charge in [-0.2, -0.15) is 0 Å². The predicted molar refractivity (Wildman–Crippen MR) is 72.2 cm³/mol. The van der Waals surface area contributed by atoms with Crippen molar-refractivity contribution in [3.8, 4) is 0 Å². The first-order valence-corrected chi connectivity index (χ1v) is 6.49. The van der Waals surface area contributed by atoms with Crippen molar-refractivity contribution in [3.05, 3.63) is 35.4 Å². The van der Waals surface area contributed by atoms with E-state index in [9.17, 15) is 4.79 Å². The first-order valence-electron chi connectivity index (χ1n) is 6.49. The molecule has 1 unspecified atom stereocenters. The highest BCUT2D eigenvalue weighted by Crippen LogP contribution is 2.14. The molecule has 1 atom stereocenters. The van der Waals surface area contributed by atoms with Gasteiger partial charge in [-0.15, -0.1) is 0 Å². The Morgan fingerprint density at radius 1 is 1.35 bits per heavy atom. The van der Waals surface area contributed by atoms with Gasteiger partial charge >= 0.3 is 0 Å². The van der Waals surface area contributed by atoms with Crippen molar-refractivity contribution in [2.75, 3.05) is 6.54 Å². The Labute approximate surface area is 104 Å². The maximum Gasteiger partial charge on any atom is 0.162 e. The largest absolute Gasteiger partial charge is 0.330 e. The molecule has 0 aliphatic heterocycles. The lowest BCUT2D eigenvalue weighted by atomic mass is 9.97. The van der Waals surface area contributed by atoms with Crippen LogP contribution in [0.5, 0.6) is 0 Å². The summed E-state index contributed by atoms with van der Waals surface area (Å²) in [5, 5.41) is 0. The average molecular weight is 233 g/mol. The molecule has 2 N–H and O–H groups in total. The number of benzene rings is 1. The Bertz CT molecular complexity index is 360. The van der Waals surface area contributed by atoms with Gasteiger partial charge in [0.1, 0.15) is 0 Å². The molecule has 2 heteroatoms. The quantitative estimate of drug-likeness (QED) is 0.735. The number of ketones is 1. The molecule has 0 aromatic heterocycles. The van der Waals surface area contributed by atoms with E-state index in [1.165, 1.54) is 5.56 Å². The van der Waals surface area contributed by atoms with E-state index in [-0.39, 0.29) is 5.78 Å². The highest BCUT2D eigenvalue weighted by Gasteiger charge is 2.08. The molecule has 1 aromatic rings. The van der Waals surface area contributed by atoms with E-state index in [1.807, 2.05) is 18.2 Å². The van der Waals surface area contributed by atoms with Gasteiger partial charge in [-0.3, -0.25) is 4.79 Å². The number of hydrogen-bond acceptors (Lipinski definition) is 2. The summed E-state index contributed by atoms with van der Waals surface area (Å²) < 4.78 is 0. The number of Topliss-reactive ketones (excluding diaryl/α,β-unsaturated/α-hetero) is 1. The van der Waals surface area contributed by atoms with Crippen molar-refractivity contribution < 1.29 is 4.79 Å². The minimum Gasteiger partial charge on any atom is -0.330 e. The van der Waals surface area contributed by atoms with Crippen LogP contribution in [0.2, 0.25) is 0 Å². The van der Waals surface area contributed by atoms with Crippen molar-refractivity contribution in [1.29, 1.82) is 0 Å². The SMILES string of the molecule is CCc1cccc(C(=O)CCC(C)CCN)c1. The Hall–Kier alpha value is -1.15. The van der Waals surface area contributed by atoms with Gasteiger partial charge in [0, 0.05) is 12.0 Å². The summed E-state index contributed by atoms with van der Waals surface area (Å²) in [6.45, 7) is 4.97. The van der Waals surface area contributed by atoms with Crippen LogP contribution in [-0.2, 0) is 6.42 Å². The third kappa shape index (κ3) is 4.70. The molecule has 0 fully saturated rings. The average Bonchev–Trinajstić information content (AvgIpc) is 2.36. The topological polar surface area (TPSA) is 43.1 Å². The molecule has 1 rings (SSSR count). The molecule has 0 radical (unpaired) electrons. The molecule has 1 aromatic carbocycles. The zero-order valence-corrected chi connectivity index (χ0v) is 10.9. The van der Waals surface area contributed by atoms with E-state index in [2.05, 4.69) is 19.9 Å². The van der Waals surface area contributed by atoms with E-state index < -0.39 is 0 Å². The predicted octanol–water partition coefficient (Wildman–Crippen LogP) is 3.20. The summed E-state index contributed by atoms with van der Waals surface area (Å²) in [5.74, 6) is 0.794. The molecule has 0 amide bonds. The number of nitrogens with two attached hydrogens (primary N) is 1. The normalized spacial score (nSPS) is 12.4. The monoisotopic (exact) mass is 233 g/mol. The zero-order chi connectivity index (χ0) is 12.7. The lowest BCUT2D eigenvalue weighted by Crippen LogP contribution is -2.08. The fraction of sp³-hybridized carbons (Fsp3) is 0.533. The number of rotatable bonds is 7. The number of carbonyl (C=O) groups excluding carboxylic acids is 1. The van der Waals surface area contributed by atoms with Crippen LogP contribution in [0.4, 0.5) is 0 Å². The van der Waals surface area contributed by atoms with Crippen LogP contribution in [0.3, 0.4) is 0 Å². The van der Waals surface area contributed by atoms with E-state index in [4.69, 9.17) is 5.73 Å². The van der Waals surface area contributed by atoms with Crippen LogP contribution in [-0.4, -0.2) is 12.3 Å². The lowest BCUT2D eigenvalue weighted by Gasteiger charge is -2.09. The van der Waals surface area contributed by atoms with Crippen LogP contribution < -0.4 is 5.73 Å². The first-order chi connectivity index (χ1) is 8.17. The minimum absolute atomic E-state index is 0.254. The molecule has 17 heavy (non-hydrogen) atoms. The smallest absolute Gasteiger partial charge is 0.162 e. The highest BCUT2D eigenvalue weighted by molar-refractivity contribution is 5.96. The maximum absolute atomic E-state index is 12.0. The van der Waals surface area contributed by atoms with Crippen LogP contribution >= 0.6 is 0 Å². The molecule has 0 saturated carbocycles. The molecule has 0 aliphatic rings. The number of hydrogen-bond donors (Lipinski definition) is 1. The third-order valence-corrected chi connectivity index (χ3v) is 3.18. The molecule has 0 aliphatic carbocycles. The second kappa shape index (κ2) is 7.23. The Kier molecular flexibility index (Phi) is 5.92. The standard InChI is InChI=1S/C15H23NO/c1-3-13-5-4-6-14(11-13)15(17)8-7-12(2)9-10-16/h4-6,11-12H,3,7-10,16H2,1-2H3. The van der Waals surface area contributed by atoms with Crippen LogP contribution in [0, 0.1) is 5.92 Å². The van der Waals surface area contributed by atoms with Gasteiger partial charge in [-0.25, -0.2) is 0 Å². The summed E-state index contributed by atoms with van der Waals surface area (Å²) in [7, 11) is 0. The minimum atomic E-state index is 0.254. The van der Waals surface area contributed by atoms with Crippen LogP contribution in [0.25, 0.3) is 0 Å². The summed E-state index contributed by atoms with van der Waals surface area (Å²) in [4.78, 5) is 12.0.